The van der Waals surface area contributed by atoms with Crippen molar-refractivity contribution in [2.45, 2.75) is 203 Å². The van der Waals surface area contributed by atoms with Gasteiger partial charge in [0.15, 0.2) is 6.10 Å². The Morgan fingerprint density at radius 2 is 1.40 bits per heavy atom. The number of hydrogen-bond donors (Lipinski definition) is 10. The number of carbonyl (C=O) groups excluding carboxylic acids is 3. The Kier molecular flexibility index (Phi) is 33.4. The molecule has 1 aliphatic heterocycles. The molecule has 20 nitrogen and oxygen atoms in total. The number of phosphoric ester groups is 2. The first-order valence-corrected chi connectivity index (χ1v) is 28.7. The van der Waals surface area contributed by atoms with E-state index in [-0.39, 0.29) is 38.5 Å². The number of ether oxygens (including phenoxy) is 2. The van der Waals surface area contributed by atoms with E-state index in [1.807, 2.05) is 6.92 Å². The average Bonchev–Trinajstić information content (AvgIpc) is 3.33. The topological polar surface area (TPSA) is 334 Å². The van der Waals surface area contributed by atoms with Crippen LogP contribution in [0.25, 0.3) is 0 Å². The van der Waals surface area contributed by atoms with Gasteiger partial charge in [-0.25, -0.2) is 9.13 Å². The van der Waals surface area contributed by atoms with E-state index in [9.17, 15) is 73.9 Å². The number of aliphatic hydroxyl groups is 7. The molecule has 1 saturated carbocycles. The minimum absolute atomic E-state index is 0.0135. The fourth-order valence-corrected chi connectivity index (χ4v) is 9.69. The molecule has 22 heteroatoms. The number of esters is 2. The number of cyclic esters (lactones) is 1. The Labute approximate surface area is 430 Å². The van der Waals surface area contributed by atoms with Crippen molar-refractivity contribution in [2.75, 3.05) is 13.2 Å². The van der Waals surface area contributed by atoms with Crippen LogP contribution < -0.4 is 0 Å². The van der Waals surface area contributed by atoms with Crippen LogP contribution in [0.1, 0.15) is 142 Å². The monoisotopic (exact) mass is 1080 g/mol. The SMILES string of the molecule is CC/C=C\C/C=C\C/C=C\C/C=C\C/C=C\CCCCCC(=O)OC[C@@H]1COP(=O)(O)O[C@H]2[C@H](O)[C@@H](O)[C@H](O)[C@@H](CC(=O)CCCCC(=O)O1)[C@@H](O)C[C@@H](O)[C@H](/C=C/[C@@H](O)CCCCC)[C@@H](O)[C@H]2OP(=O)(O)O. The van der Waals surface area contributed by atoms with Gasteiger partial charge in [0.25, 0.3) is 0 Å². The molecule has 1 aliphatic carbocycles. The number of phosphoric acid groups is 2. The molecule has 0 amide bonds. The number of unbranched alkanes of at least 4 members (excludes halogenated alkanes) is 5. The summed E-state index contributed by atoms with van der Waals surface area (Å²) in [4.78, 5) is 70.1. The summed E-state index contributed by atoms with van der Waals surface area (Å²) in [5.41, 5.74) is 0. The molecule has 10 N–H and O–H groups in total. The Hall–Kier alpha value is -3.01. The molecule has 0 aromatic heterocycles. The van der Waals surface area contributed by atoms with Crippen LogP contribution in [-0.2, 0) is 46.6 Å². The van der Waals surface area contributed by atoms with Gasteiger partial charge in [0.2, 0.25) is 0 Å². The highest BCUT2D eigenvalue weighted by Gasteiger charge is 2.52. The van der Waals surface area contributed by atoms with Crippen LogP contribution in [-0.4, -0.2) is 142 Å². The van der Waals surface area contributed by atoms with Gasteiger partial charge in [-0.1, -0.05) is 112 Å². The first-order valence-electron chi connectivity index (χ1n) is 25.7. The van der Waals surface area contributed by atoms with E-state index in [1.165, 1.54) is 0 Å². The zero-order valence-electron chi connectivity index (χ0n) is 42.4. The van der Waals surface area contributed by atoms with Crippen LogP contribution in [0, 0.1) is 11.8 Å². The minimum atomic E-state index is -5.82. The number of rotatable bonds is 25. The third kappa shape index (κ3) is 28.6. The fourth-order valence-electron chi connectivity index (χ4n) is 8.16. The zero-order chi connectivity index (χ0) is 54.2. The van der Waals surface area contributed by atoms with Gasteiger partial charge in [0, 0.05) is 43.9 Å². The Bertz CT molecular complexity index is 1860. The van der Waals surface area contributed by atoms with Crippen molar-refractivity contribution >= 4 is 33.4 Å². The Balaban J connectivity index is 2.25. The summed E-state index contributed by atoms with van der Waals surface area (Å²) in [5.74, 6) is -5.63. The minimum Gasteiger partial charge on any atom is -0.462 e. The number of hydrogen-bond acceptors (Lipinski definition) is 17. The molecule has 0 aromatic rings. The molecule has 0 spiro atoms. The normalized spacial score (nSPS) is 30.7. The van der Waals surface area contributed by atoms with Gasteiger partial charge < -0.3 is 59.9 Å². The van der Waals surface area contributed by atoms with Gasteiger partial charge in [0.1, 0.15) is 36.8 Å². The molecule has 73 heavy (non-hydrogen) atoms. The van der Waals surface area contributed by atoms with Crippen LogP contribution in [0.4, 0.5) is 0 Å². The van der Waals surface area contributed by atoms with E-state index in [0.29, 0.717) is 19.3 Å². The van der Waals surface area contributed by atoms with Gasteiger partial charge >= 0.3 is 27.6 Å². The third-order valence-electron chi connectivity index (χ3n) is 12.2. The largest absolute Gasteiger partial charge is 0.472 e. The van der Waals surface area contributed by atoms with Crippen molar-refractivity contribution in [2.24, 2.45) is 11.8 Å². The van der Waals surface area contributed by atoms with Gasteiger partial charge in [-0.2, -0.15) is 0 Å². The van der Waals surface area contributed by atoms with Crippen molar-refractivity contribution in [3.05, 3.63) is 72.9 Å². The van der Waals surface area contributed by atoms with Gasteiger partial charge in [-0.3, -0.25) is 28.0 Å². The molecular weight excluding hydrogens is 994 g/mol. The third-order valence-corrected chi connectivity index (χ3v) is 13.7. The van der Waals surface area contributed by atoms with E-state index in [4.69, 9.17) is 23.0 Å². The van der Waals surface area contributed by atoms with E-state index in [1.54, 1.807) is 0 Å². The van der Waals surface area contributed by atoms with Crippen LogP contribution in [0.15, 0.2) is 72.9 Å². The highest BCUT2D eigenvalue weighted by Crippen LogP contribution is 2.50. The lowest BCUT2D eigenvalue weighted by atomic mass is 9.82. The van der Waals surface area contributed by atoms with Crippen LogP contribution >= 0.6 is 15.6 Å². The van der Waals surface area contributed by atoms with Crippen molar-refractivity contribution < 1.29 is 97.0 Å². The molecule has 2 aliphatic rings. The van der Waals surface area contributed by atoms with E-state index in [0.717, 1.165) is 69.9 Å². The highest BCUT2D eigenvalue weighted by molar-refractivity contribution is 7.47. The smallest absolute Gasteiger partial charge is 0.462 e. The van der Waals surface area contributed by atoms with E-state index >= 15 is 0 Å². The molecule has 0 aromatic carbocycles. The predicted molar refractivity (Wildman–Crippen MR) is 271 cm³/mol. The lowest BCUT2D eigenvalue weighted by Crippen LogP contribution is -2.56. The molecule has 2 rings (SSSR count). The maximum atomic E-state index is 13.7. The second-order valence-corrected chi connectivity index (χ2v) is 21.1. The number of carbonyl (C=O) groups is 3. The first-order chi connectivity index (χ1) is 34.7. The predicted octanol–water partition coefficient (Wildman–Crippen LogP) is 5.96. The number of allylic oxidation sites excluding steroid dienone is 10. The van der Waals surface area contributed by atoms with Crippen LogP contribution in [0.5, 0.6) is 0 Å². The second-order valence-electron chi connectivity index (χ2n) is 18.5. The molecule has 2 fully saturated rings. The standard InChI is InChI=1S/C51H84O20P2/c1-3-5-7-8-9-10-11-12-13-14-15-16-17-18-19-20-21-22-24-29-44(56)67-35-39-36-68-73(65,66)71-51-49(61)48(60)46(58)41(33-38(53)28-25-26-30-45(57)69-39)43(55)34-42(54)40(32-31-37(52)27-23-6-4-2)47(59)50(51)70-72(62,63)64/h5,7,9-10,12-13,15-16,18-19,31-32,37,39-43,46-52,54-55,58-61H,3-4,6,8,11,14,17,20-30,33-36H2,1-2H3,(H,65,66)(H2,62,63,64)/b7-5-,10-9-,13-12-,16-15-,19-18-,32-31+/t37-,39+,40-,41-,42+,43-,46+,47+,48-,49+,50+,51-/m0/s1. The average molecular weight is 1080 g/mol. The lowest BCUT2D eigenvalue weighted by molar-refractivity contribution is -0.166. The molecule has 1 heterocycles. The number of fused-ring (bicyclic) bond motifs is 4. The van der Waals surface area contributed by atoms with Crippen LogP contribution in [0.3, 0.4) is 0 Å². The van der Waals surface area contributed by atoms with Crippen molar-refractivity contribution in [3.8, 4) is 0 Å². The molecule has 1 unspecified atom stereocenters. The highest BCUT2D eigenvalue weighted by atomic mass is 31.2. The lowest BCUT2D eigenvalue weighted by Gasteiger charge is -2.38. The van der Waals surface area contributed by atoms with Crippen molar-refractivity contribution in [1.29, 1.82) is 0 Å². The molecule has 2 bridgehead atoms. The van der Waals surface area contributed by atoms with Crippen molar-refractivity contribution in [3.63, 3.8) is 0 Å². The van der Waals surface area contributed by atoms with Gasteiger partial charge in [0.05, 0.1) is 37.1 Å². The maximum absolute atomic E-state index is 13.7. The summed E-state index contributed by atoms with van der Waals surface area (Å²) in [6, 6.07) is 0. The summed E-state index contributed by atoms with van der Waals surface area (Å²) in [6.07, 6.45) is 9.16. The van der Waals surface area contributed by atoms with Crippen molar-refractivity contribution in [1.82, 2.24) is 0 Å². The summed E-state index contributed by atoms with van der Waals surface area (Å²) < 4.78 is 52.1. The van der Waals surface area contributed by atoms with E-state index in [2.05, 4.69) is 67.7 Å². The zero-order valence-corrected chi connectivity index (χ0v) is 44.2. The molecule has 1 saturated heterocycles. The summed E-state index contributed by atoms with van der Waals surface area (Å²) in [7, 11) is -11.6. The summed E-state index contributed by atoms with van der Waals surface area (Å²) in [5, 5.41) is 79.7. The quantitative estimate of drug-likeness (QED) is 0.0218. The number of ketones is 1. The van der Waals surface area contributed by atoms with Gasteiger partial charge in [-0.05, 0) is 70.6 Å². The second kappa shape index (κ2) is 36.9. The summed E-state index contributed by atoms with van der Waals surface area (Å²) >= 11 is 0. The molecule has 418 valence electrons. The maximum Gasteiger partial charge on any atom is 0.472 e. The Morgan fingerprint density at radius 1 is 0.781 bits per heavy atom. The fraction of sp³-hybridized carbons (Fsp3) is 0.706. The van der Waals surface area contributed by atoms with Gasteiger partial charge in [-0.15, -0.1) is 0 Å². The van der Waals surface area contributed by atoms with E-state index < -0.39 is 132 Å². The molecule has 0 radical (unpaired) electrons. The first kappa shape index (κ1) is 66.1. The van der Waals surface area contributed by atoms with Crippen LogP contribution in [0.2, 0.25) is 0 Å². The molecular formula is C51H84O20P2. The number of aliphatic hydroxyl groups excluding tert-OH is 7. The molecule has 13 atom stereocenters. The Morgan fingerprint density at radius 3 is 2.01 bits per heavy atom. The summed E-state index contributed by atoms with van der Waals surface area (Å²) in [6.45, 7) is 2.33. The number of Topliss-reactive ketones (excluding diaryl/α,β-unsaturated/α-hetero) is 1.